The zero-order valence-electron chi connectivity index (χ0n) is 10.6. The van der Waals surface area contributed by atoms with Crippen molar-refractivity contribution in [3.8, 4) is 11.6 Å². The lowest BCUT2D eigenvalue weighted by molar-refractivity contribution is 0.0692. The van der Waals surface area contributed by atoms with Crippen molar-refractivity contribution in [2.75, 3.05) is 0 Å². The molecule has 0 unspecified atom stereocenters. The molecule has 0 spiro atoms. The number of aromatic nitrogens is 2. The van der Waals surface area contributed by atoms with Crippen LogP contribution in [-0.2, 0) is 0 Å². The molecule has 0 saturated carbocycles. The molecule has 0 bridgehead atoms. The van der Waals surface area contributed by atoms with E-state index in [2.05, 4.69) is 25.9 Å². The fourth-order valence-electron chi connectivity index (χ4n) is 1.62. The molecule has 20 heavy (non-hydrogen) atoms. The fraction of sp³-hybridized carbons (Fsp3) is 0.154. The standard InChI is InChI=1S/C13H10BrFN2O3/c1-6-8(14)5-16-12(11(6)13(18)19)20-9-3-4-10(15)17-7(9)2/h3-5H,1-2H3,(H,18,19). The van der Waals surface area contributed by atoms with Crippen LogP contribution >= 0.6 is 15.9 Å². The van der Waals surface area contributed by atoms with E-state index in [1.54, 1.807) is 13.8 Å². The van der Waals surface area contributed by atoms with Crippen LogP contribution in [0.15, 0.2) is 22.8 Å². The van der Waals surface area contributed by atoms with E-state index in [-0.39, 0.29) is 17.2 Å². The van der Waals surface area contributed by atoms with Gasteiger partial charge in [-0.25, -0.2) is 14.8 Å². The number of pyridine rings is 2. The van der Waals surface area contributed by atoms with E-state index in [1.807, 2.05) is 0 Å². The summed E-state index contributed by atoms with van der Waals surface area (Å²) >= 11 is 3.21. The molecule has 2 heterocycles. The van der Waals surface area contributed by atoms with Crippen molar-refractivity contribution in [1.29, 1.82) is 0 Å². The average Bonchev–Trinajstić information content (AvgIpc) is 2.36. The SMILES string of the molecule is Cc1nc(F)ccc1Oc1ncc(Br)c(C)c1C(=O)O. The summed E-state index contributed by atoms with van der Waals surface area (Å²) in [5, 5.41) is 9.25. The first-order chi connectivity index (χ1) is 9.40. The van der Waals surface area contributed by atoms with Crippen molar-refractivity contribution in [2.24, 2.45) is 0 Å². The summed E-state index contributed by atoms with van der Waals surface area (Å²) in [5.74, 6) is -1.59. The number of aromatic carboxylic acids is 1. The number of carbonyl (C=O) groups is 1. The van der Waals surface area contributed by atoms with Crippen molar-refractivity contribution < 1.29 is 19.0 Å². The van der Waals surface area contributed by atoms with E-state index < -0.39 is 11.9 Å². The van der Waals surface area contributed by atoms with Crippen LogP contribution in [0.3, 0.4) is 0 Å². The summed E-state index contributed by atoms with van der Waals surface area (Å²) in [5.41, 5.74) is 0.752. The highest BCUT2D eigenvalue weighted by molar-refractivity contribution is 9.10. The molecule has 0 atom stereocenters. The number of aryl methyl sites for hydroxylation is 1. The topological polar surface area (TPSA) is 72.3 Å². The van der Waals surface area contributed by atoms with Gasteiger partial charge in [0.2, 0.25) is 11.8 Å². The summed E-state index contributed by atoms with van der Waals surface area (Å²) in [7, 11) is 0. The monoisotopic (exact) mass is 340 g/mol. The van der Waals surface area contributed by atoms with Crippen LogP contribution in [0.1, 0.15) is 21.6 Å². The van der Waals surface area contributed by atoms with E-state index in [4.69, 9.17) is 4.74 Å². The molecule has 5 nitrogen and oxygen atoms in total. The highest BCUT2D eigenvalue weighted by Crippen LogP contribution is 2.30. The maximum Gasteiger partial charge on any atom is 0.341 e. The Bertz CT molecular complexity index is 692. The first kappa shape index (κ1) is 14.4. The lowest BCUT2D eigenvalue weighted by Crippen LogP contribution is -2.06. The number of ether oxygens (including phenoxy) is 1. The van der Waals surface area contributed by atoms with Gasteiger partial charge in [0.1, 0.15) is 5.56 Å². The lowest BCUT2D eigenvalue weighted by Gasteiger charge is -2.11. The number of carboxylic acids is 1. The summed E-state index contributed by atoms with van der Waals surface area (Å²) in [6.45, 7) is 3.20. The minimum Gasteiger partial charge on any atom is -0.477 e. The summed E-state index contributed by atoms with van der Waals surface area (Å²) in [4.78, 5) is 18.9. The van der Waals surface area contributed by atoms with E-state index in [9.17, 15) is 14.3 Å². The molecule has 1 N–H and O–H groups in total. The van der Waals surface area contributed by atoms with Crippen molar-refractivity contribution in [3.05, 3.63) is 45.6 Å². The molecule has 7 heteroatoms. The third-order valence-corrected chi connectivity index (χ3v) is 3.47. The highest BCUT2D eigenvalue weighted by atomic mass is 79.9. The van der Waals surface area contributed by atoms with Crippen molar-refractivity contribution in [2.45, 2.75) is 13.8 Å². The Morgan fingerprint density at radius 1 is 1.40 bits per heavy atom. The van der Waals surface area contributed by atoms with Crippen LogP contribution in [0.5, 0.6) is 11.6 Å². The second kappa shape index (κ2) is 5.54. The maximum atomic E-state index is 12.9. The van der Waals surface area contributed by atoms with Crippen molar-refractivity contribution in [3.63, 3.8) is 0 Å². The Labute approximate surface area is 122 Å². The van der Waals surface area contributed by atoms with Gasteiger partial charge in [0.05, 0.1) is 5.69 Å². The van der Waals surface area contributed by atoms with Gasteiger partial charge < -0.3 is 9.84 Å². The lowest BCUT2D eigenvalue weighted by atomic mass is 10.1. The largest absolute Gasteiger partial charge is 0.477 e. The van der Waals surface area contributed by atoms with Crippen molar-refractivity contribution in [1.82, 2.24) is 9.97 Å². The molecular weight excluding hydrogens is 331 g/mol. The van der Waals surface area contributed by atoms with E-state index >= 15 is 0 Å². The first-order valence-electron chi connectivity index (χ1n) is 5.59. The highest BCUT2D eigenvalue weighted by Gasteiger charge is 2.19. The normalized spacial score (nSPS) is 10.4. The Balaban J connectivity index is 2.48. The van der Waals surface area contributed by atoms with Crippen LogP contribution in [-0.4, -0.2) is 21.0 Å². The Hall–Kier alpha value is -2.02. The second-order valence-electron chi connectivity index (χ2n) is 4.04. The molecule has 0 radical (unpaired) electrons. The average molecular weight is 341 g/mol. The Kier molecular flexibility index (Phi) is 3.99. The van der Waals surface area contributed by atoms with E-state index in [1.165, 1.54) is 12.3 Å². The minimum absolute atomic E-state index is 0.0527. The number of nitrogens with zero attached hydrogens (tertiary/aromatic N) is 2. The van der Waals surface area contributed by atoms with Gasteiger partial charge in [-0.05, 0) is 47.5 Å². The molecule has 2 aromatic heterocycles. The molecule has 104 valence electrons. The van der Waals surface area contributed by atoms with E-state index in [0.29, 0.717) is 15.7 Å². The quantitative estimate of drug-likeness (QED) is 0.866. The Morgan fingerprint density at radius 2 is 2.10 bits per heavy atom. The van der Waals surface area contributed by atoms with Crippen molar-refractivity contribution >= 4 is 21.9 Å². The molecule has 0 fully saturated rings. The Morgan fingerprint density at radius 3 is 2.70 bits per heavy atom. The zero-order valence-corrected chi connectivity index (χ0v) is 12.2. The number of halogens is 2. The van der Waals surface area contributed by atoms with Gasteiger partial charge in [0, 0.05) is 10.7 Å². The fourth-order valence-corrected chi connectivity index (χ4v) is 1.92. The summed E-state index contributed by atoms with van der Waals surface area (Å²) < 4.78 is 18.9. The van der Waals surface area contributed by atoms with Gasteiger partial charge >= 0.3 is 5.97 Å². The molecule has 0 saturated heterocycles. The molecule has 0 aliphatic heterocycles. The summed E-state index contributed by atoms with van der Waals surface area (Å²) in [6.07, 6.45) is 1.45. The molecule has 0 aromatic carbocycles. The molecule has 0 aliphatic carbocycles. The van der Waals surface area contributed by atoms with Crippen LogP contribution in [0.25, 0.3) is 0 Å². The molecule has 0 amide bonds. The predicted molar refractivity (Wildman–Crippen MR) is 72.6 cm³/mol. The van der Waals surface area contributed by atoms with Gasteiger partial charge in [-0.1, -0.05) is 0 Å². The minimum atomic E-state index is -1.15. The number of rotatable bonds is 3. The zero-order chi connectivity index (χ0) is 14.9. The van der Waals surface area contributed by atoms with Gasteiger partial charge in [0.25, 0.3) is 0 Å². The van der Waals surface area contributed by atoms with Gasteiger partial charge in [0.15, 0.2) is 5.75 Å². The molecule has 2 rings (SSSR count). The van der Waals surface area contributed by atoms with Crippen LogP contribution < -0.4 is 4.74 Å². The van der Waals surface area contributed by atoms with Crippen LogP contribution in [0.2, 0.25) is 0 Å². The predicted octanol–water partition coefficient (Wildman–Crippen LogP) is 3.49. The number of carboxylic acid groups (broad SMARTS) is 1. The third-order valence-electron chi connectivity index (χ3n) is 2.67. The van der Waals surface area contributed by atoms with Crippen LogP contribution in [0, 0.1) is 19.8 Å². The second-order valence-corrected chi connectivity index (χ2v) is 4.89. The number of hydrogen-bond donors (Lipinski definition) is 1. The smallest absolute Gasteiger partial charge is 0.341 e. The molecular formula is C13H10BrFN2O3. The van der Waals surface area contributed by atoms with E-state index in [0.717, 1.165) is 6.07 Å². The van der Waals surface area contributed by atoms with Crippen LogP contribution in [0.4, 0.5) is 4.39 Å². The van der Waals surface area contributed by atoms with Gasteiger partial charge in [-0.2, -0.15) is 4.39 Å². The number of hydrogen-bond acceptors (Lipinski definition) is 4. The van der Waals surface area contributed by atoms with Gasteiger partial charge in [-0.3, -0.25) is 0 Å². The third kappa shape index (κ3) is 2.77. The summed E-state index contributed by atoms with van der Waals surface area (Å²) in [6, 6.07) is 2.51. The van der Waals surface area contributed by atoms with Gasteiger partial charge in [-0.15, -0.1) is 0 Å². The maximum absolute atomic E-state index is 12.9. The first-order valence-corrected chi connectivity index (χ1v) is 6.39. The molecule has 2 aromatic rings. The molecule has 0 aliphatic rings.